The molecule has 0 aliphatic heterocycles. The number of carbonyl (C=O) groups is 2. The molecule has 51 heavy (non-hydrogen) atoms. The van der Waals surface area contributed by atoms with Gasteiger partial charge < -0.3 is 9.47 Å². The molecule has 2 aromatic heterocycles. The summed E-state index contributed by atoms with van der Waals surface area (Å²) >= 11 is 0. The van der Waals surface area contributed by atoms with Gasteiger partial charge in [-0.05, 0) is 53.3 Å². The number of allylic oxidation sites excluding steroid dienone is 4. The Morgan fingerprint density at radius 1 is 0.569 bits per heavy atom. The van der Waals surface area contributed by atoms with Gasteiger partial charge in [-0.1, -0.05) is 140 Å². The Morgan fingerprint density at radius 3 is 1.37 bits per heavy atom. The van der Waals surface area contributed by atoms with E-state index >= 15 is 0 Å². The number of hydrogen-bond donors (Lipinski definition) is 0. The molecular weight excluding hydrogens is 633 g/mol. The van der Waals surface area contributed by atoms with Crippen molar-refractivity contribution in [3.8, 4) is 33.8 Å². The highest BCUT2D eigenvalue weighted by Gasteiger charge is 2.19. The fourth-order valence-corrected chi connectivity index (χ4v) is 5.99. The van der Waals surface area contributed by atoms with Crippen molar-refractivity contribution in [1.29, 1.82) is 0 Å². The zero-order chi connectivity index (χ0) is 35.0. The third-order valence-electron chi connectivity index (χ3n) is 8.82. The van der Waals surface area contributed by atoms with E-state index in [1.165, 1.54) is 0 Å². The number of ether oxygens (including phenoxy) is 2. The predicted octanol–water partition coefficient (Wildman–Crippen LogP) is 10.2. The van der Waals surface area contributed by atoms with Crippen molar-refractivity contribution in [3.63, 3.8) is 0 Å². The fraction of sp³-hybridized carbons (Fsp3) is 0.111. The van der Waals surface area contributed by atoms with E-state index in [9.17, 15) is 9.59 Å². The molecule has 4 aromatic carbocycles. The molecule has 0 bridgehead atoms. The number of carbonyl (C=O) groups excluding carboxylic acids is 2. The van der Waals surface area contributed by atoms with Crippen molar-refractivity contribution in [1.82, 2.24) is 9.97 Å². The SMILES string of the molecule is CC1CC=CC=C1c1cc(C(=O)OCc2ccc(COC(=O)c3cc(-c4ccccc4)nc(-c4ccccc4)c3)cc2)cc(-c2ccccc2)n1. The van der Waals surface area contributed by atoms with Gasteiger partial charge in [-0.15, -0.1) is 0 Å². The van der Waals surface area contributed by atoms with Gasteiger partial charge in [0.05, 0.1) is 33.9 Å². The first-order valence-corrected chi connectivity index (χ1v) is 17.0. The zero-order valence-electron chi connectivity index (χ0n) is 28.2. The van der Waals surface area contributed by atoms with Crippen LogP contribution in [0.5, 0.6) is 0 Å². The van der Waals surface area contributed by atoms with Gasteiger partial charge in [0.15, 0.2) is 0 Å². The maximum atomic E-state index is 13.4. The van der Waals surface area contributed by atoms with Crippen LogP contribution in [0.1, 0.15) is 50.9 Å². The zero-order valence-corrected chi connectivity index (χ0v) is 28.2. The Hall–Kier alpha value is -6.40. The molecule has 0 N–H and O–H groups in total. The summed E-state index contributed by atoms with van der Waals surface area (Å²) in [6, 6.07) is 44.0. The molecule has 0 radical (unpaired) electrons. The highest BCUT2D eigenvalue weighted by Crippen LogP contribution is 2.31. The minimum Gasteiger partial charge on any atom is -0.457 e. The first kappa shape index (κ1) is 33.1. The van der Waals surface area contributed by atoms with E-state index in [1.54, 1.807) is 18.2 Å². The standard InChI is InChI=1S/C45H36N2O4/c1-31-13-11-12-20-39(31)43-28-38(27-42(47-43)36-18-9-4-10-19-36)45(49)51-30-33-23-21-32(22-24-33)29-50-44(48)37-25-40(34-14-5-2-6-15-34)46-41(26-37)35-16-7-3-8-17-35/h2-12,14-28,31H,13,29-30H2,1H3. The molecule has 6 aromatic rings. The maximum Gasteiger partial charge on any atom is 0.338 e. The lowest BCUT2D eigenvalue weighted by molar-refractivity contribution is 0.0460. The number of pyridine rings is 2. The first-order valence-electron chi connectivity index (χ1n) is 17.0. The van der Waals surface area contributed by atoms with E-state index in [0.29, 0.717) is 28.4 Å². The molecular formula is C45H36N2O4. The van der Waals surface area contributed by atoms with E-state index < -0.39 is 11.9 Å². The van der Waals surface area contributed by atoms with E-state index in [1.807, 2.05) is 127 Å². The largest absolute Gasteiger partial charge is 0.457 e. The summed E-state index contributed by atoms with van der Waals surface area (Å²) < 4.78 is 11.5. The second-order valence-corrected chi connectivity index (χ2v) is 12.5. The highest BCUT2D eigenvalue weighted by atomic mass is 16.5. The fourth-order valence-electron chi connectivity index (χ4n) is 5.99. The van der Waals surface area contributed by atoms with Crippen LogP contribution in [0.4, 0.5) is 0 Å². The van der Waals surface area contributed by atoms with Crippen molar-refractivity contribution in [2.45, 2.75) is 26.6 Å². The van der Waals surface area contributed by atoms with Gasteiger partial charge in [-0.2, -0.15) is 0 Å². The van der Waals surface area contributed by atoms with E-state index in [2.05, 4.69) is 19.1 Å². The molecule has 0 spiro atoms. The van der Waals surface area contributed by atoms with Gasteiger partial charge in [-0.25, -0.2) is 19.6 Å². The number of aromatic nitrogens is 2. The Balaban J connectivity index is 1.02. The lowest BCUT2D eigenvalue weighted by Crippen LogP contribution is -2.09. The normalized spacial score (nSPS) is 13.7. The van der Waals surface area contributed by atoms with Gasteiger partial charge in [0.25, 0.3) is 0 Å². The number of nitrogens with zero attached hydrogens (tertiary/aromatic N) is 2. The van der Waals surface area contributed by atoms with Crippen LogP contribution in [0.25, 0.3) is 39.3 Å². The quantitative estimate of drug-likeness (QED) is 0.135. The lowest BCUT2D eigenvalue weighted by Gasteiger charge is -2.18. The van der Waals surface area contributed by atoms with Gasteiger partial charge in [0, 0.05) is 16.7 Å². The van der Waals surface area contributed by atoms with Crippen LogP contribution in [-0.2, 0) is 22.7 Å². The molecule has 2 heterocycles. The Morgan fingerprint density at radius 2 is 0.961 bits per heavy atom. The van der Waals surface area contributed by atoms with Crippen LogP contribution in [0.15, 0.2) is 158 Å². The van der Waals surface area contributed by atoms with Crippen LogP contribution in [0.3, 0.4) is 0 Å². The molecule has 250 valence electrons. The molecule has 1 atom stereocenters. The van der Waals surface area contributed by atoms with Crippen LogP contribution in [0.2, 0.25) is 0 Å². The smallest absolute Gasteiger partial charge is 0.338 e. The summed E-state index contributed by atoms with van der Waals surface area (Å²) in [5.41, 5.74) is 9.25. The minimum absolute atomic E-state index is 0.0914. The molecule has 1 aliphatic carbocycles. The van der Waals surface area contributed by atoms with Crippen molar-refractivity contribution >= 4 is 17.5 Å². The Kier molecular flexibility index (Phi) is 10.0. The van der Waals surface area contributed by atoms with Crippen LogP contribution < -0.4 is 0 Å². The molecule has 0 amide bonds. The van der Waals surface area contributed by atoms with Gasteiger partial charge in [0.2, 0.25) is 0 Å². The molecule has 0 saturated heterocycles. The Bertz CT molecular complexity index is 2150. The average Bonchev–Trinajstić information content (AvgIpc) is 3.20. The molecule has 6 heteroatoms. The number of rotatable bonds is 10. The maximum absolute atomic E-state index is 13.4. The number of esters is 2. The molecule has 0 fully saturated rings. The van der Waals surface area contributed by atoms with Crippen LogP contribution in [0, 0.1) is 5.92 Å². The highest BCUT2D eigenvalue weighted by molar-refractivity contribution is 5.93. The molecule has 6 nitrogen and oxygen atoms in total. The predicted molar refractivity (Wildman–Crippen MR) is 200 cm³/mol. The lowest BCUT2D eigenvalue weighted by atomic mass is 9.90. The van der Waals surface area contributed by atoms with E-state index in [-0.39, 0.29) is 13.2 Å². The summed E-state index contributed by atoms with van der Waals surface area (Å²) in [7, 11) is 0. The number of benzene rings is 4. The summed E-state index contributed by atoms with van der Waals surface area (Å²) in [4.78, 5) is 36.4. The second-order valence-electron chi connectivity index (χ2n) is 12.5. The van der Waals surface area contributed by atoms with Crippen molar-refractivity contribution < 1.29 is 19.1 Å². The van der Waals surface area contributed by atoms with E-state index in [4.69, 9.17) is 19.4 Å². The third kappa shape index (κ3) is 8.09. The monoisotopic (exact) mass is 668 g/mol. The first-order chi connectivity index (χ1) is 25.0. The second kappa shape index (κ2) is 15.4. The Labute approximate surface area is 297 Å². The molecule has 0 saturated carbocycles. The minimum atomic E-state index is -0.439. The number of hydrogen-bond acceptors (Lipinski definition) is 6. The van der Waals surface area contributed by atoms with Gasteiger partial charge >= 0.3 is 11.9 Å². The van der Waals surface area contributed by atoms with Crippen molar-refractivity contribution in [2.24, 2.45) is 5.92 Å². The van der Waals surface area contributed by atoms with Crippen molar-refractivity contribution in [2.75, 3.05) is 0 Å². The third-order valence-corrected chi connectivity index (χ3v) is 8.82. The molecule has 1 unspecified atom stereocenters. The molecule has 1 aliphatic rings. The van der Waals surface area contributed by atoms with E-state index in [0.717, 1.165) is 51.2 Å². The van der Waals surface area contributed by atoms with Gasteiger partial charge in [-0.3, -0.25) is 0 Å². The molecule has 7 rings (SSSR count). The van der Waals surface area contributed by atoms with Crippen LogP contribution >= 0.6 is 0 Å². The van der Waals surface area contributed by atoms with Gasteiger partial charge in [0.1, 0.15) is 13.2 Å². The summed E-state index contributed by atoms with van der Waals surface area (Å²) in [6.45, 7) is 2.35. The van der Waals surface area contributed by atoms with Crippen LogP contribution in [-0.4, -0.2) is 21.9 Å². The summed E-state index contributed by atoms with van der Waals surface area (Å²) in [5.74, 6) is -0.570. The summed E-state index contributed by atoms with van der Waals surface area (Å²) in [6.07, 6.45) is 7.17. The summed E-state index contributed by atoms with van der Waals surface area (Å²) in [5, 5.41) is 0. The van der Waals surface area contributed by atoms with Crippen molar-refractivity contribution in [3.05, 3.63) is 186 Å². The average molecular weight is 669 g/mol. The topological polar surface area (TPSA) is 78.4 Å².